The third-order valence-electron chi connectivity index (χ3n) is 13.7. The number of Topliss-reactive ketones (excluding diaryl/α,β-unsaturated/α-hetero) is 1. The molecule has 2 N–H and O–H groups in total. The van der Waals surface area contributed by atoms with Crippen molar-refractivity contribution >= 4 is 5.78 Å². The highest BCUT2D eigenvalue weighted by Crippen LogP contribution is 2.78. The van der Waals surface area contributed by atoms with Crippen molar-refractivity contribution < 1.29 is 19.7 Å². The standard InChI is InChI=1S/C37H51NO4/c1-33-16-13-27(39)23-35(33)19-20-37(29(24-35)32(40)26-9-11-28(42-3)12-10-26)30(33)14-17-34(2)31(37)15-18-36(34,41)25-38-21-7-5-4-6-8-22-38/h9-12,19-20,24,27,30-31,39,41H,4-8,13-18,21-23,25H2,1-3H3. The van der Waals surface area contributed by atoms with Crippen molar-refractivity contribution in [1.29, 1.82) is 0 Å². The van der Waals surface area contributed by atoms with E-state index in [2.05, 4.69) is 37.0 Å². The number of carbonyl (C=O) groups excluding carboxylic acids is 1. The maximum Gasteiger partial charge on any atom is 0.189 e. The molecule has 0 amide bonds. The number of fused-ring (bicyclic) bond motifs is 1. The molecule has 1 saturated heterocycles. The number of ether oxygens (including phenoxy) is 1. The van der Waals surface area contributed by atoms with Crippen LogP contribution in [0.15, 0.2) is 48.1 Å². The number of methoxy groups -OCH3 is 1. The van der Waals surface area contributed by atoms with Crippen LogP contribution < -0.4 is 4.74 Å². The van der Waals surface area contributed by atoms with Gasteiger partial charge in [0.15, 0.2) is 5.78 Å². The monoisotopic (exact) mass is 573 g/mol. The summed E-state index contributed by atoms with van der Waals surface area (Å²) in [5, 5.41) is 23.6. The van der Waals surface area contributed by atoms with Crippen molar-refractivity contribution in [2.75, 3.05) is 26.7 Å². The third kappa shape index (κ3) is 3.88. The average Bonchev–Trinajstić information content (AvgIpc) is 3.24. The summed E-state index contributed by atoms with van der Waals surface area (Å²) < 4.78 is 5.40. The molecule has 1 aromatic rings. The lowest BCUT2D eigenvalue weighted by molar-refractivity contribution is -0.176. The number of hydrogen-bond donors (Lipinski definition) is 2. The fourth-order valence-electron chi connectivity index (χ4n) is 11.3. The van der Waals surface area contributed by atoms with Crippen molar-refractivity contribution in [3.8, 4) is 5.75 Å². The second-order valence-electron chi connectivity index (χ2n) is 15.4. The van der Waals surface area contributed by atoms with E-state index in [9.17, 15) is 15.0 Å². The summed E-state index contributed by atoms with van der Waals surface area (Å²) >= 11 is 0. The minimum absolute atomic E-state index is 0.00423. The van der Waals surface area contributed by atoms with Gasteiger partial charge < -0.3 is 19.8 Å². The number of likely N-dealkylation sites (tertiary alicyclic amines) is 1. The highest BCUT2D eigenvalue weighted by Gasteiger charge is 2.74. The lowest BCUT2D eigenvalue weighted by Gasteiger charge is -2.71. The van der Waals surface area contributed by atoms with Crippen molar-refractivity contribution in [3.63, 3.8) is 0 Å². The molecule has 6 aliphatic carbocycles. The molecular weight excluding hydrogens is 522 g/mol. The molecule has 228 valence electrons. The number of rotatable bonds is 5. The number of nitrogens with zero attached hydrogens (tertiary/aromatic N) is 1. The molecular formula is C37H51NO4. The molecule has 2 bridgehead atoms. The number of carbonyl (C=O) groups is 1. The molecule has 1 aromatic carbocycles. The summed E-state index contributed by atoms with van der Waals surface area (Å²) in [4.78, 5) is 17.2. The van der Waals surface area contributed by atoms with E-state index in [4.69, 9.17) is 4.74 Å². The Morgan fingerprint density at radius 2 is 1.55 bits per heavy atom. The van der Waals surface area contributed by atoms with Gasteiger partial charge in [0.25, 0.3) is 0 Å². The van der Waals surface area contributed by atoms with Gasteiger partial charge in [0.05, 0.1) is 18.8 Å². The van der Waals surface area contributed by atoms with Crippen molar-refractivity contribution in [3.05, 3.63) is 53.6 Å². The lowest BCUT2D eigenvalue weighted by atomic mass is 9.32. The first kappa shape index (κ1) is 28.8. The predicted octanol–water partition coefficient (Wildman–Crippen LogP) is 6.74. The Balaban J connectivity index is 1.32. The number of benzene rings is 1. The first-order valence-electron chi connectivity index (χ1n) is 16.9. The maximum absolute atomic E-state index is 14.7. The van der Waals surface area contributed by atoms with Crippen molar-refractivity contribution in [2.24, 2.45) is 33.5 Å². The fraction of sp³-hybridized carbons (Fsp3) is 0.703. The van der Waals surface area contributed by atoms with Gasteiger partial charge in [-0.3, -0.25) is 4.79 Å². The van der Waals surface area contributed by atoms with Crippen LogP contribution in [0, 0.1) is 33.5 Å². The Kier molecular flexibility index (Phi) is 6.88. The number of hydrogen-bond acceptors (Lipinski definition) is 5. The van der Waals surface area contributed by atoms with E-state index >= 15 is 0 Å². The van der Waals surface area contributed by atoms with E-state index in [1.54, 1.807) is 7.11 Å². The van der Waals surface area contributed by atoms with Gasteiger partial charge in [0.2, 0.25) is 0 Å². The first-order chi connectivity index (χ1) is 20.1. The van der Waals surface area contributed by atoms with Gasteiger partial charge >= 0.3 is 0 Å². The van der Waals surface area contributed by atoms with E-state index in [0.29, 0.717) is 17.9 Å². The summed E-state index contributed by atoms with van der Waals surface area (Å²) in [6.45, 7) is 7.74. The lowest BCUT2D eigenvalue weighted by Crippen LogP contribution is -2.67. The minimum Gasteiger partial charge on any atom is -0.497 e. The smallest absolute Gasteiger partial charge is 0.189 e. The number of ketones is 1. The van der Waals surface area contributed by atoms with E-state index in [0.717, 1.165) is 69.5 Å². The van der Waals surface area contributed by atoms with Crippen molar-refractivity contribution in [1.82, 2.24) is 4.90 Å². The van der Waals surface area contributed by atoms with Gasteiger partial charge in [-0.1, -0.05) is 51.3 Å². The predicted molar refractivity (Wildman–Crippen MR) is 165 cm³/mol. The maximum atomic E-state index is 14.7. The summed E-state index contributed by atoms with van der Waals surface area (Å²) in [5.41, 5.74) is -0.0998. The van der Waals surface area contributed by atoms with Crippen LogP contribution in [0.2, 0.25) is 0 Å². The van der Waals surface area contributed by atoms with Gasteiger partial charge in [-0.2, -0.15) is 0 Å². The number of β-amino-alcohol motifs (C(OH)–C–C–N with tert-alkyl or cyclic N) is 1. The number of aliphatic hydroxyl groups excluding tert-OH is 1. The Morgan fingerprint density at radius 1 is 0.905 bits per heavy atom. The first-order valence-corrected chi connectivity index (χ1v) is 16.9. The van der Waals surface area contributed by atoms with Crippen LogP contribution in [0.4, 0.5) is 0 Å². The van der Waals surface area contributed by atoms with Gasteiger partial charge in [0, 0.05) is 33.9 Å². The molecule has 1 aliphatic heterocycles. The summed E-state index contributed by atoms with van der Waals surface area (Å²) in [6, 6.07) is 7.58. The highest BCUT2D eigenvalue weighted by molar-refractivity contribution is 6.10. The molecule has 3 saturated carbocycles. The SMILES string of the molecule is COc1ccc(C(=O)C2=CC34C=CC25C(CCC2(C)C5CCC2(O)CN2CCCCCCC2)C3(C)CCC(O)C4)cc1. The number of allylic oxidation sites excluding steroid dienone is 4. The molecule has 4 fully saturated rings. The average molecular weight is 574 g/mol. The van der Waals surface area contributed by atoms with Crippen LogP contribution in [-0.4, -0.2) is 59.3 Å². The highest BCUT2D eigenvalue weighted by atomic mass is 16.5. The largest absolute Gasteiger partial charge is 0.497 e. The molecule has 7 aliphatic rings. The van der Waals surface area contributed by atoms with Crippen LogP contribution in [0.1, 0.15) is 101 Å². The molecule has 0 radical (unpaired) electrons. The molecule has 42 heavy (non-hydrogen) atoms. The quantitative estimate of drug-likeness (QED) is 0.302. The third-order valence-corrected chi connectivity index (χ3v) is 13.7. The summed E-state index contributed by atoms with van der Waals surface area (Å²) in [6.07, 6.45) is 19.4. The van der Waals surface area contributed by atoms with Gasteiger partial charge in [-0.25, -0.2) is 0 Å². The van der Waals surface area contributed by atoms with Crippen LogP contribution in [0.3, 0.4) is 0 Å². The summed E-state index contributed by atoms with van der Waals surface area (Å²) in [5.74, 6) is 1.39. The van der Waals surface area contributed by atoms with Crippen LogP contribution in [0.5, 0.6) is 5.75 Å². The van der Waals surface area contributed by atoms with Gasteiger partial charge in [-0.05, 0) is 112 Å². The van der Waals surface area contributed by atoms with Crippen LogP contribution in [-0.2, 0) is 0 Å². The van der Waals surface area contributed by atoms with Crippen LogP contribution in [0.25, 0.3) is 0 Å². The minimum atomic E-state index is -0.756. The fourth-order valence-corrected chi connectivity index (χ4v) is 11.3. The normalized spacial score (nSPS) is 44.8. The van der Waals surface area contributed by atoms with Gasteiger partial charge in [0.1, 0.15) is 5.75 Å². The molecule has 5 heteroatoms. The molecule has 8 unspecified atom stereocenters. The summed E-state index contributed by atoms with van der Waals surface area (Å²) in [7, 11) is 1.65. The van der Waals surface area contributed by atoms with Crippen molar-refractivity contribution in [2.45, 2.75) is 103 Å². The molecule has 1 heterocycles. The van der Waals surface area contributed by atoms with E-state index in [1.807, 2.05) is 24.3 Å². The second-order valence-corrected chi connectivity index (χ2v) is 15.4. The van der Waals surface area contributed by atoms with E-state index in [1.165, 1.54) is 32.1 Å². The Hall–Kier alpha value is -1.95. The Bertz CT molecular complexity index is 1280. The Labute approximate surface area is 252 Å². The zero-order valence-corrected chi connectivity index (χ0v) is 26.0. The molecule has 0 aromatic heterocycles. The molecule has 2 spiro atoms. The zero-order chi connectivity index (χ0) is 29.4. The second kappa shape index (κ2) is 10.0. The Morgan fingerprint density at radius 3 is 2.26 bits per heavy atom. The number of aliphatic hydroxyl groups is 2. The molecule has 8 rings (SSSR count). The topological polar surface area (TPSA) is 70.0 Å². The molecule has 5 nitrogen and oxygen atoms in total. The zero-order valence-electron chi connectivity index (χ0n) is 26.0. The van der Waals surface area contributed by atoms with Gasteiger partial charge in [-0.15, -0.1) is 0 Å². The van der Waals surface area contributed by atoms with E-state index in [-0.39, 0.29) is 34.1 Å². The van der Waals surface area contributed by atoms with Crippen LogP contribution >= 0.6 is 0 Å². The molecule has 8 atom stereocenters. The van der Waals surface area contributed by atoms with E-state index < -0.39 is 11.0 Å².